The van der Waals surface area contributed by atoms with Crippen LogP contribution in [0.25, 0.3) is 0 Å². The SMILES string of the molecule is N#C[C@@H]1CCCN1C(=O)CNCCC1(/C(N)=N/NN)c2ccc(C(N)=O)cc2CCc2cc(C(N)=O)ccc21. The molecule has 0 spiro atoms. The number of hydrazine groups is 1. The third-order valence-corrected chi connectivity index (χ3v) is 7.66. The van der Waals surface area contributed by atoms with Gasteiger partial charge in [0.15, 0.2) is 0 Å². The number of nitrogens with two attached hydrogens (primary N) is 4. The minimum absolute atomic E-state index is 0.0569. The van der Waals surface area contributed by atoms with E-state index in [1.54, 1.807) is 29.2 Å². The van der Waals surface area contributed by atoms with Gasteiger partial charge in [0, 0.05) is 17.7 Å². The first kappa shape index (κ1) is 27.6. The highest BCUT2D eigenvalue weighted by molar-refractivity contribution is 5.98. The zero-order valence-corrected chi connectivity index (χ0v) is 21.6. The molecule has 12 heteroatoms. The third-order valence-electron chi connectivity index (χ3n) is 7.66. The van der Waals surface area contributed by atoms with Crippen molar-refractivity contribution in [3.05, 3.63) is 69.8 Å². The summed E-state index contributed by atoms with van der Waals surface area (Å²) >= 11 is 0. The summed E-state index contributed by atoms with van der Waals surface area (Å²) in [6.07, 6.45) is 2.95. The Labute approximate surface area is 226 Å². The second-order valence-electron chi connectivity index (χ2n) is 9.80. The lowest BCUT2D eigenvalue weighted by molar-refractivity contribution is -0.130. The normalized spacial score (nSPS) is 17.9. The quantitative estimate of drug-likeness (QED) is 0.0812. The maximum absolute atomic E-state index is 12.8. The van der Waals surface area contributed by atoms with Crippen molar-refractivity contribution in [3.8, 4) is 6.07 Å². The lowest BCUT2D eigenvalue weighted by Crippen LogP contribution is -2.47. The topological polar surface area (TPSA) is 219 Å². The Kier molecular flexibility index (Phi) is 8.13. The molecular formula is C27H33N9O3. The Morgan fingerprint density at radius 3 is 2.13 bits per heavy atom. The van der Waals surface area contributed by atoms with E-state index in [2.05, 4.69) is 22.0 Å². The molecule has 1 heterocycles. The molecule has 12 nitrogen and oxygen atoms in total. The third kappa shape index (κ3) is 5.27. The van der Waals surface area contributed by atoms with Crippen LogP contribution in [0.1, 0.15) is 62.2 Å². The number of hydrogen-bond donors (Lipinski definition) is 6. The van der Waals surface area contributed by atoms with Gasteiger partial charge in [-0.2, -0.15) is 10.4 Å². The van der Waals surface area contributed by atoms with Crippen molar-refractivity contribution >= 4 is 23.6 Å². The summed E-state index contributed by atoms with van der Waals surface area (Å²) in [4.78, 5) is 38.3. The van der Waals surface area contributed by atoms with Crippen LogP contribution >= 0.6 is 0 Å². The Hall–Kier alpha value is -4.47. The number of nitriles is 1. The van der Waals surface area contributed by atoms with Gasteiger partial charge in [-0.1, -0.05) is 12.1 Å². The van der Waals surface area contributed by atoms with Gasteiger partial charge in [0.25, 0.3) is 0 Å². The number of likely N-dealkylation sites (tertiary alicyclic amines) is 1. The van der Waals surface area contributed by atoms with Gasteiger partial charge in [0.2, 0.25) is 17.7 Å². The predicted molar refractivity (Wildman–Crippen MR) is 145 cm³/mol. The number of hydrazone groups is 1. The van der Waals surface area contributed by atoms with Crippen molar-refractivity contribution in [2.45, 2.75) is 43.6 Å². The van der Waals surface area contributed by atoms with Crippen LogP contribution in [0.3, 0.4) is 0 Å². The Morgan fingerprint density at radius 2 is 1.62 bits per heavy atom. The van der Waals surface area contributed by atoms with Crippen molar-refractivity contribution in [2.24, 2.45) is 28.1 Å². The number of amides is 3. The van der Waals surface area contributed by atoms with Crippen LogP contribution < -0.4 is 33.9 Å². The molecule has 1 saturated heterocycles. The van der Waals surface area contributed by atoms with Crippen LogP contribution in [-0.2, 0) is 23.1 Å². The molecule has 1 aliphatic carbocycles. The van der Waals surface area contributed by atoms with Crippen molar-refractivity contribution in [2.75, 3.05) is 19.6 Å². The summed E-state index contributed by atoms with van der Waals surface area (Å²) in [5.74, 6) is 4.49. The average molecular weight is 532 g/mol. The number of primary amides is 2. The van der Waals surface area contributed by atoms with E-state index in [0.717, 1.165) is 28.7 Å². The van der Waals surface area contributed by atoms with Crippen LogP contribution in [0.5, 0.6) is 0 Å². The van der Waals surface area contributed by atoms with Crippen LogP contribution in [0.4, 0.5) is 0 Å². The van der Waals surface area contributed by atoms with E-state index in [4.69, 9.17) is 23.0 Å². The highest BCUT2D eigenvalue weighted by atomic mass is 16.2. The van der Waals surface area contributed by atoms with Gasteiger partial charge in [0.1, 0.15) is 11.9 Å². The maximum atomic E-state index is 12.8. The highest BCUT2D eigenvalue weighted by Crippen LogP contribution is 2.43. The molecule has 39 heavy (non-hydrogen) atoms. The van der Waals surface area contributed by atoms with Gasteiger partial charge in [0.05, 0.1) is 18.0 Å². The summed E-state index contributed by atoms with van der Waals surface area (Å²) in [5, 5.41) is 16.7. The molecule has 0 bridgehead atoms. The number of benzene rings is 2. The van der Waals surface area contributed by atoms with E-state index in [1.807, 2.05) is 12.1 Å². The first-order chi connectivity index (χ1) is 18.7. The Bertz CT molecular complexity index is 1300. The van der Waals surface area contributed by atoms with Gasteiger partial charge in [-0.25, -0.2) is 11.4 Å². The second kappa shape index (κ2) is 11.5. The molecule has 1 aliphatic heterocycles. The largest absolute Gasteiger partial charge is 0.385 e. The van der Waals surface area contributed by atoms with E-state index in [-0.39, 0.29) is 18.3 Å². The molecule has 1 fully saturated rings. The van der Waals surface area contributed by atoms with Gasteiger partial charge in [-0.15, -0.1) is 0 Å². The van der Waals surface area contributed by atoms with Crippen LogP contribution in [0.15, 0.2) is 41.5 Å². The number of fused-ring (bicyclic) bond motifs is 2. The number of amidine groups is 1. The fourth-order valence-corrected chi connectivity index (χ4v) is 5.77. The van der Waals surface area contributed by atoms with Gasteiger partial charge >= 0.3 is 0 Å². The molecule has 204 valence electrons. The lowest BCUT2D eigenvalue weighted by Gasteiger charge is -2.36. The van der Waals surface area contributed by atoms with Crippen molar-refractivity contribution < 1.29 is 14.4 Å². The maximum Gasteiger partial charge on any atom is 0.248 e. The molecule has 2 aromatic carbocycles. The summed E-state index contributed by atoms with van der Waals surface area (Å²) in [6, 6.07) is 12.2. The molecule has 4 rings (SSSR count). The lowest BCUT2D eigenvalue weighted by atomic mass is 9.69. The van der Waals surface area contributed by atoms with Crippen molar-refractivity contribution in [1.29, 1.82) is 5.26 Å². The minimum Gasteiger partial charge on any atom is -0.385 e. The minimum atomic E-state index is -1.03. The van der Waals surface area contributed by atoms with Gasteiger partial charge < -0.3 is 27.4 Å². The Balaban J connectivity index is 1.75. The van der Waals surface area contributed by atoms with Crippen LogP contribution in [-0.4, -0.2) is 54.1 Å². The molecule has 10 N–H and O–H groups in total. The summed E-state index contributed by atoms with van der Waals surface area (Å²) in [5.41, 5.74) is 23.1. The molecule has 3 amide bonds. The molecule has 2 aliphatic rings. The number of carbonyl (C=O) groups is 3. The zero-order chi connectivity index (χ0) is 28.2. The van der Waals surface area contributed by atoms with E-state index in [0.29, 0.717) is 49.9 Å². The number of nitrogens with one attached hydrogen (secondary N) is 2. The summed E-state index contributed by atoms with van der Waals surface area (Å²) < 4.78 is 0. The fourth-order valence-electron chi connectivity index (χ4n) is 5.77. The predicted octanol–water partition coefficient (Wildman–Crippen LogP) is -0.501. The molecular weight excluding hydrogens is 498 g/mol. The van der Waals surface area contributed by atoms with E-state index in [1.165, 1.54) is 0 Å². The average Bonchev–Trinajstić information content (AvgIpc) is 3.36. The van der Waals surface area contributed by atoms with Gasteiger partial charge in [-0.05, 0) is 85.2 Å². The molecule has 0 aromatic heterocycles. The number of hydrogen-bond acceptors (Lipinski definition) is 8. The first-order valence-corrected chi connectivity index (χ1v) is 12.8. The first-order valence-electron chi connectivity index (χ1n) is 12.8. The fraction of sp³-hybridized carbons (Fsp3) is 0.370. The number of carbonyl (C=O) groups excluding carboxylic acids is 3. The smallest absolute Gasteiger partial charge is 0.248 e. The molecule has 0 radical (unpaired) electrons. The van der Waals surface area contributed by atoms with Gasteiger partial charge in [-0.3, -0.25) is 14.4 Å². The van der Waals surface area contributed by atoms with E-state index in [9.17, 15) is 19.6 Å². The molecule has 2 aromatic rings. The number of aryl methyl sites for hydroxylation is 2. The summed E-state index contributed by atoms with van der Waals surface area (Å²) in [6.45, 7) is 0.975. The summed E-state index contributed by atoms with van der Waals surface area (Å²) in [7, 11) is 0. The monoisotopic (exact) mass is 531 g/mol. The number of rotatable bonds is 9. The zero-order valence-electron chi connectivity index (χ0n) is 21.6. The molecule has 0 saturated carbocycles. The van der Waals surface area contributed by atoms with E-state index < -0.39 is 23.3 Å². The molecule has 1 atom stereocenters. The standard InChI is InChI=1S/C27H33N9O3/c28-14-20-2-1-11-36(20)23(37)15-33-10-9-27(26(31)34-35-32)21-7-5-18(24(29)38)12-16(21)3-4-17-13-19(25(30)39)6-8-22(17)27/h5-8,12-13,20,33,35H,1-4,9-11,15,32H2,(H2,29,38)(H2,30,39)(H2,31,34)/t20-/m0/s1. The van der Waals surface area contributed by atoms with Crippen molar-refractivity contribution in [1.82, 2.24) is 15.8 Å². The van der Waals surface area contributed by atoms with Crippen LogP contribution in [0, 0.1) is 11.3 Å². The van der Waals surface area contributed by atoms with E-state index >= 15 is 0 Å². The second-order valence-corrected chi connectivity index (χ2v) is 9.80. The molecule has 0 unspecified atom stereocenters. The number of nitrogens with zero attached hydrogens (tertiary/aromatic N) is 3. The highest BCUT2D eigenvalue weighted by Gasteiger charge is 2.43. The van der Waals surface area contributed by atoms with Crippen molar-refractivity contribution in [3.63, 3.8) is 0 Å². The van der Waals surface area contributed by atoms with Crippen LogP contribution in [0.2, 0.25) is 0 Å². The Morgan fingerprint density at radius 1 is 1.03 bits per heavy atom.